The molecule has 0 unspecified atom stereocenters. The minimum Gasteiger partial charge on any atom is -0.331 e. The first-order valence-corrected chi connectivity index (χ1v) is 8.76. The van der Waals surface area contributed by atoms with E-state index in [-0.39, 0.29) is 5.91 Å². The minimum atomic E-state index is -0.214. The van der Waals surface area contributed by atoms with E-state index >= 15 is 0 Å². The molecule has 0 saturated carbocycles. The summed E-state index contributed by atoms with van der Waals surface area (Å²) < 4.78 is 1.09. The summed E-state index contributed by atoms with van der Waals surface area (Å²) in [7, 11) is 0. The van der Waals surface area contributed by atoms with Crippen LogP contribution in [0, 0.1) is 6.92 Å². The monoisotopic (exact) mass is 375 g/mol. The zero-order valence-corrected chi connectivity index (χ0v) is 15.1. The zero-order chi connectivity index (χ0) is 17.1. The number of benzene rings is 2. The number of hydrazine groups is 1. The van der Waals surface area contributed by atoms with Gasteiger partial charge in [-0.3, -0.25) is 15.6 Å². The molecule has 3 aromatic rings. The molecular weight excluding hydrogens is 362 g/mol. The second kappa shape index (κ2) is 7.17. The molecule has 4 nitrogen and oxygen atoms in total. The number of hydrogen-bond acceptors (Lipinski definition) is 3. The standard InChI is InChI=1S/C17H14ClN3OS2/c1-10-13-4-2-3-5-14(13)24-15(10)16(22)20-21-17(23)19-12-8-6-11(18)7-9-12/h2-9H,1H3,(H,20,22)(H2,19,21,23). The summed E-state index contributed by atoms with van der Waals surface area (Å²) >= 11 is 12.5. The van der Waals surface area contributed by atoms with Crippen molar-refractivity contribution in [3.05, 3.63) is 64.0 Å². The molecule has 1 aromatic heterocycles. The lowest BCUT2D eigenvalue weighted by atomic mass is 10.1. The topological polar surface area (TPSA) is 53.2 Å². The third-order valence-corrected chi connectivity index (χ3v) is 5.17. The van der Waals surface area contributed by atoms with Crippen LogP contribution in [-0.2, 0) is 0 Å². The van der Waals surface area contributed by atoms with Gasteiger partial charge in [0.15, 0.2) is 5.11 Å². The Morgan fingerprint density at radius 1 is 1.08 bits per heavy atom. The van der Waals surface area contributed by atoms with Gasteiger partial charge in [-0.05, 0) is 60.4 Å². The van der Waals surface area contributed by atoms with E-state index in [4.69, 9.17) is 23.8 Å². The highest BCUT2D eigenvalue weighted by Gasteiger charge is 2.15. The van der Waals surface area contributed by atoms with Gasteiger partial charge in [0.05, 0.1) is 4.88 Å². The summed E-state index contributed by atoms with van der Waals surface area (Å²) in [6.07, 6.45) is 0. The number of rotatable bonds is 2. The van der Waals surface area contributed by atoms with Crippen LogP contribution in [0.1, 0.15) is 15.2 Å². The average Bonchev–Trinajstić information content (AvgIpc) is 2.92. The predicted molar refractivity (Wildman–Crippen MR) is 105 cm³/mol. The van der Waals surface area contributed by atoms with E-state index in [0.29, 0.717) is 15.0 Å². The van der Waals surface area contributed by atoms with Crippen molar-refractivity contribution in [3.8, 4) is 0 Å². The molecule has 0 spiro atoms. The second-order valence-corrected chi connectivity index (χ2v) is 6.99. The Morgan fingerprint density at radius 3 is 2.50 bits per heavy atom. The molecule has 0 bridgehead atoms. The molecule has 0 saturated heterocycles. The van der Waals surface area contributed by atoms with Gasteiger partial charge in [0.25, 0.3) is 5.91 Å². The van der Waals surface area contributed by atoms with Crippen molar-refractivity contribution in [2.75, 3.05) is 5.32 Å². The first-order chi connectivity index (χ1) is 11.5. The van der Waals surface area contributed by atoms with Crippen LogP contribution in [0.15, 0.2) is 48.5 Å². The quantitative estimate of drug-likeness (QED) is 0.456. The summed E-state index contributed by atoms with van der Waals surface area (Å²) in [6, 6.07) is 15.1. The number of fused-ring (bicyclic) bond motifs is 1. The number of hydrogen-bond donors (Lipinski definition) is 3. The summed E-state index contributed by atoms with van der Waals surface area (Å²) in [4.78, 5) is 13.0. The molecule has 0 atom stereocenters. The Morgan fingerprint density at radius 2 is 1.79 bits per heavy atom. The van der Waals surface area contributed by atoms with Crippen molar-refractivity contribution >= 4 is 61.9 Å². The summed E-state index contributed by atoms with van der Waals surface area (Å²) in [6.45, 7) is 1.94. The van der Waals surface area contributed by atoms with E-state index in [1.165, 1.54) is 11.3 Å². The van der Waals surface area contributed by atoms with Crippen LogP contribution in [0.25, 0.3) is 10.1 Å². The highest BCUT2D eigenvalue weighted by Crippen LogP contribution is 2.30. The van der Waals surface area contributed by atoms with Crippen molar-refractivity contribution < 1.29 is 4.79 Å². The highest BCUT2D eigenvalue weighted by atomic mass is 35.5. The van der Waals surface area contributed by atoms with Crippen LogP contribution in [0.5, 0.6) is 0 Å². The number of carbonyl (C=O) groups excluding carboxylic acids is 1. The van der Waals surface area contributed by atoms with Gasteiger partial charge >= 0.3 is 0 Å². The number of carbonyl (C=O) groups is 1. The molecule has 0 fully saturated rings. The maximum absolute atomic E-state index is 12.4. The number of aryl methyl sites for hydroxylation is 1. The molecule has 1 heterocycles. The van der Waals surface area contributed by atoms with Gasteiger partial charge < -0.3 is 5.32 Å². The Hall–Kier alpha value is -2.15. The van der Waals surface area contributed by atoms with Gasteiger partial charge in [0.2, 0.25) is 0 Å². The van der Waals surface area contributed by atoms with E-state index in [1.54, 1.807) is 24.3 Å². The normalized spacial score (nSPS) is 10.4. The Bertz CT molecular complexity index is 906. The Labute approximate surface area is 153 Å². The van der Waals surface area contributed by atoms with Crippen molar-refractivity contribution in [2.45, 2.75) is 6.92 Å². The first kappa shape index (κ1) is 16.7. The van der Waals surface area contributed by atoms with Gasteiger partial charge in [-0.25, -0.2) is 0 Å². The number of amides is 1. The molecule has 3 rings (SSSR count). The van der Waals surface area contributed by atoms with Crippen LogP contribution in [-0.4, -0.2) is 11.0 Å². The third-order valence-electron chi connectivity index (χ3n) is 3.44. The molecule has 2 aromatic carbocycles. The fourth-order valence-corrected chi connectivity index (χ4v) is 3.66. The molecule has 7 heteroatoms. The number of halogens is 1. The molecule has 122 valence electrons. The molecule has 0 aliphatic rings. The van der Waals surface area contributed by atoms with E-state index in [9.17, 15) is 4.79 Å². The maximum atomic E-state index is 12.4. The Balaban J connectivity index is 1.63. The van der Waals surface area contributed by atoms with Crippen LogP contribution in [0.4, 0.5) is 5.69 Å². The Kier molecular flexibility index (Phi) is 4.99. The van der Waals surface area contributed by atoms with Crippen LogP contribution in [0.2, 0.25) is 5.02 Å². The smallest absolute Gasteiger partial charge is 0.280 e. The number of thiophene rings is 1. The molecule has 0 radical (unpaired) electrons. The fraction of sp³-hybridized carbons (Fsp3) is 0.0588. The lowest BCUT2D eigenvalue weighted by Gasteiger charge is -2.11. The molecular formula is C17H14ClN3OS2. The van der Waals surface area contributed by atoms with E-state index in [0.717, 1.165) is 21.3 Å². The third kappa shape index (κ3) is 3.67. The first-order valence-electron chi connectivity index (χ1n) is 7.15. The molecule has 24 heavy (non-hydrogen) atoms. The maximum Gasteiger partial charge on any atom is 0.280 e. The van der Waals surface area contributed by atoms with Gasteiger partial charge in [0.1, 0.15) is 0 Å². The second-order valence-electron chi connectivity index (χ2n) is 5.09. The zero-order valence-electron chi connectivity index (χ0n) is 12.7. The number of anilines is 1. The van der Waals surface area contributed by atoms with Crippen LogP contribution in [0.3, 0.4) is 0 Å². The van der Waals surface area contributed by atoms with E-state index in [2.05, 4.69) is 16.2 Å². The van der Waals surface area contributed by atoms with Crippen LogP contribution >= 0.6 is 35.2 Å². The fourth-order valence-electron chi connectivity index (χ4n) is 2.26. The number of nitrogens with one attached hydrogen (secondary N) is 3. The van der Waals surface area contributed by atoms with Gasteiger partial charge in [0, 0.05) is 15.4 Å². The average molecular weight is 376 g/mol. The largest absolute Gasteiger partial charge is 0.331 e. The van der Waals surface area contributed by atoms with Gasteiger partial charge in [-0.2, -0.15) is 0 Å². The minimum absolute atomic E-state index is 0.214. The molecule has 1 amide bonds. The summed E-state index contributed by atoms with van der Waals surface area (Å²) in [5.41, 5.74) is 7.08. The van der Waals surface area contributed by atoms with Crippen molar-refractivity contribution in [2.24, 2.45) is 0 Å². The van der Waals surface area contributed by atoms with Gasteiger partial charge in [-0.15, -0.1) is 11.3 Å². The SMILES string of the molecule is Cc1c(C(=O)NNC(=S)Nc2ccc(Cl)cc2)sc2ccccc12. The van der Waals surface area contributed by atoms with Crippen molar-refractivity contribution in [1.29, 1.82) is 0 Å². The number of thiocarbonyl (C=S) groups is 1. The summed E-state index contributed by atoms with van der Waals surface area (Å²) in [5, 5.41) is 5.00. The highest BCUT2D eigenvalue weighted by molar-refractivity contribution is 7.80. The van der Waals surface area contributed by atoms with E-state index in [1.807, 2.05) is 31.2 Å². The van der Waals surface area contributed by atoms with E-state index < -0.39 is 0 Å². The molecule has 0 aliphatic carbocycles. The van der Waals surface area contributed by atoms with Crippen molar-refractivity contribution in [1.82, 2.24) is 10.9 Å². The lowest BCUT2D eigenvalue weighted by Crippen LogP contribution is -2.43. The van der Waals surface area contributed by atoms with Crippen molar-refractivity contribution in [3.63, 3.8) is 0 Å². The predicted octanol–water partition coefficient (Wildman–Crippen LogP) is 4.49. The lowest BCUT2D eigenvalue weighted by molar-refractivity contribution is 0.0948. The van der Waals surface area contributed by atoms with Crippen LogP contribution < -0.4 is 16.2 Å². The molecule has 3 N–H and O–H groups in total. The molecule has 0 aliphatic heterocycles. The summed E-state index contributed by atoms with van der Waals surface area (Å²) in [5.74, 6) is -0.214. The van der Waals surface area contributed by atoms with Gasteiger partial charge in [-0.1, -0.05) is 29.8 Å².